The fraction of sp³-hybridized carbons (Fsp3) is 0.250. The molecule has 3 N–H and O–H groups in total. The van der Waals surface area contributed by atoms with Crippen LogP contribution in [0.4, 0.5) is 5.69 Å². The first-order valence-electron chi connectivity index (χ1n) is 6.22. The van der Waals surface area contributed by atoms with Crippen LogP contribution in [0, 0.1) is 13.8 Å². The van der Waals surface area contributed by atoms with Crippen LogP contribution < -0.4 is 11.1 Å². The number of benzene rings is 2. The van der Waals surface area contributed by atoms with Gasteiger partial charge in [-0.25, -0.2) is 0 Å². The summed E-state index contributed by atoms with van der Waals surface area (Å²) in [6, 6.07) is 14.6. The van der Waals surface area contributed by atoms with Crippen LogP contribution in [-0.2, 0) is 0 Å². The summed E-state index contributed by atoms with van der Waals surface area (Å²) in [7, 11) is 1.91. The van der Waals surface area contributed by atoms with Gasteiger partial charge in [-0.1, -0.05) is 30.3 Å². The number of hydrogen-bond acceptors (Lipinski definition) is 2. The molecule has 2 heteroatoms. The van der Waals surface area contributed by atoms with Crippen molar-refractivity contribution in [3.8, 4) is 0 Å². The molecule has 2 aromatic carbocycles. The maximum absolute atomic E-state index is 6.31. The second kappa shape index (κ2) is 5.23. The molecule has 0 heterocycles. The molecule has 94 valence electrons. The van der Waals surface area contributed by atoms with Crippen molar-refractivity contribution < 1.29 is 0 Å². The van der Waals surface area contributed by atoms with E-state index in [2.05, 4.69) is 61.6 Å². The summed E-state index contributed by atoms with van der Waals surface area (Å²) >= 11 is 0. The monoisotopic (exact) mass is 240 g/mol. The zero-order valence-electron chi connectivity index (χ0n) is 11.2. The predicted molar refractivity (Wildman–Crippen MR) is 77.9 cm³/mol. The van der Waals surface area contributed by atoms with Crippen LogP contribution in [0.3, 0.4) is 0 Å². The minimum Gasteiger partial charge on any atom is -0.388 e. The SMILES string of the molecule is CNc1ccc(C(N)c2ccc(C)c(C)c2)cc1. The van der Waals surface area contributed by atoms with E-state index in [1.807, 2.05) is 7.05 Å². The topological polar surface area (TPSA) is 38.0 Å². The quantitative estimate of drug-likeness (QED) is 0.863. The van der Waals surface area contributed by atoms with Gasteiger partial charge < -0.3 is 11.1 Å². The highest BCUT2D eigenvalue weighted by molar-refractivity contribution is 5.46. The van der Waals surface area contributed by atoms with Gasteiger partial charge in [0.1, 0.15) is 0 Å². The summed E-state index contributed by atoms with van der Waals surface area (Å²) in [5.74, 6) is 0. The summed E-state index contributed by atoms with van der Waals surface area (Å²) < 4.78 is 0. The van der Waals surface area contributed by atoms with E-state index in [4.69, 9.17) is 5.73 Å². The number of aryl methyl sites for hydroxylation is 2. The zero-order valence-corrected chi connectivity index (χ0v) is 11.2. The van der Waals surface area contributed by atoms with Crippen molar-refractivity contribution in [2.24, 2.45) is 5.73 Å². The second-order valence-corrected chi connectivity index (χ2v) is 4.69. The van der Waals surface area contributed by atoms with E-state index in [-0.39, 0.29) is 6.04 Å². The summed E-state index contributed by atoms with van der Waals surface area (Å²) in [6.45, 7) is 4.24. The smallest absolute Gasteiger partial charge is 0.0551 e. The fourth-order valence-corrected chi connectivity index (χ4v) is 2.01. The Morgan fingerprint density at radius 3 is 2.06 bits per heavy atom. The van der Waals surface area contributed by atoms with E-state index < -0.39 is 0 Å². The lowest BCUT2D eigenvalue weighted by Gasteiger charge is -2.14. The van der Waals surface area contributed by atoms with Crippen molar-refractivity contribution in [1.82, 2.24) is 0 Å². The maximum Gasteiger partial charge on any atom is 0.0551 e. The van der Waals surface area contributed by atoms with Crippen molar-refractivity contribution in [2.75, 3.05) is 12.4 Å². The van der Waals surface area contributed by atoms with E-state index in [0.717, 1.165) is 16.8 Å². The van der Waals surface area contributed by atoms with Crippen molar-refractivity contribution in [1.29, 1.82) is 0 Å². The first-order valence-corrected chi connectivity index (χ1v) is 6.22. The highest BCUT2D eigenvalue weighted by atomic mass is 14.8. The standard InChI is InChI=1S/C16H20N2/c1-11-4-5-14(10-12(11)2)16(17)13-6-8-15(18-3)9-7-13/h4-10,16,18H,17H2,1-3H3. The molecule has 1 unspecified atom stereocenters. The molecule has 0 bridgehead atoms. The molecule has 0 saturated heterocycles. The van der Waals surface area contributed by atoms with E-state index in [1.165, 1.54) is 11.1 Å². The van der Waals surface area contributed by atoms with Gasteiger partial charge in [0.05, 0.1) is 6.04 Å². The molecule has 0 saturated carbocycles. The Morgan fingerprint density at radius 1 is 0.889 bits per heavy atom. The van der Waals surface area contributed by atoms with E-state index in [0.29, 0.717) is 0 Å². The Balaban J connectivity index is 2.28. The lowest BCUT2D eigenvalue weighted by molar-refractivity contribution is 0.869. The highest BCUT2D eigenvalue weighted by Gasteiger charge is 2.09. The number of hydrogen-bond donors (Lipinski definition) is 2. The molecule has 0 aromatic heterocycles. The molecule has 0 radical (unpaired) electrons. The first kappa shape index (κ1) is 12.7. The number of nitrogens with two attached hydrogens (primary N) is 1. The van der Waals surface area contributed by atoms with Gasteiger partial charge in [-0.2, -0.15) is 0 Å². The predicted octanol–water partition coefficient (Wildman–Crippen LogP) is 3.39. The summed E-state index contributed by atoms with van der Waals surface area (Å²) in [5.41, 5.74) is 12.3. The van der Waals surface area contributed by atoms with Crippen LogP contribution in [-0.4, -0.2) is 7.05 Å². The molecule has 0 aliphatic carbocycles. The normalized spacial score (nSPS) is 12.2. The van der Waals surface area contributed by atoms with Gasteiger partial charge in [0.2, 0.25) is 0 Å². The van der Waals surface area contributed by atoms with Crippen LogP contribution in [0.2, 0.25) is 0 Å². The summed E-state index contributed by atoms with van der Waals surface area (Å²) in [5, 5.41) is 3.11. The Labute approximate surface area is 109 Å². The molecule has 0 fully saturated rings. The van der Waals surface area contributed by atoms with Crippen LogP contribution in [0.25, 0.3) is 0 Å². The molecule has 0 spiro atoms. The lowest BCUT2D eigenvalue weighted by Crippen LogP contribution is -2.12. The third-order valence-corrected chi connectivity index (χ3v) is 3.45. The Bertz CT molecular complexity index is 529. The summed E-state index contributed by atoms with van der Waals surface area (Å²) in [4.78, 5) is 0. The van der Waals surface area contributed by atoms with E-state index >= 15 is 0 Å². The Kier molecular flexibility index (Phi) is 3.68. The van der Waals surface area contributed by atoms with Crippen LogP contribution in [0.5, 0.6) is 0 Å². The molecular weight excluding hydrogens is 220 g/mol. The van der Waals surface area contributed by atoms with Crippen LogP contribution >= 0.6 is 0 Å². The third-order valence-electron chi connectivity index (χ3n) is 3.45. The maximum atomic E-state index is 6.31. The number of nitrogens with one attached hydrogen (secondary N) is 1. The lowest BCUT2D eigenvalue weighted by atomic mass is 9.96. The summed E-state index contributed by atoms with van der Waals surface area (Å²) in [6.07, 6.45) is 0. The van der Waals surface area contributed by atoms with Crippen molar-refractivity contribution in [3.05, 3.63) is 64.7 Å². The van der Waals surface area contributed by atoms with Gasteiger partial charge in [-0.05, 0) is 48.2 Å². The van der Waals surface area contributed by atoms with Gasteiger partial charge in [0.25, 0.3) is 0 Å². The Hall–Kier alpha value is -1.80. The second-order valence-electron chi connectivity index (χ2n) is 4.69. The van der Waals surface area contributed by atoms with E-state index in [9.17, 15) is 0 Å². The van der Waals surface area contributed by atoms with Crippen molar-refractivity contribution in [3.63, 3.8) is 0 Å². The average Bonchev–Trinajstić information content (AvgIpc) is 2.41. The zero-order chi connectivity index (χ0) is 13.1. The third kappa shape index (κ3) is 2.54. The largest absolute Gasteiger partial charge is 0.388 e. The van der Waals surface area contributed by atoms with Crippen LogP contribution in [0.15, 0.2) is 42.5 Å². The van der Waals surface area contributed by atoms with Crippen molar-refractivity contribution in [2.45, 2.75) is 19.9 Å². The molecular formula is C16H20N2. The highest BCUT2D eigenvalue weighted by Crippen LogP contribution is 2.22. The first-order chi connectivity index (χ1) is 8.61. The van der Waals surface area contributed by atoms with Gasteiger partial charge in [0.15, 0.2) is 0 Å². The molecule has 0 aliphatic rings. The number of anilines is 1. The van der Waals surface area contributed by atoms with Crippen molar-refractivity contribution >= 4 is 5.69 Å². The molecule has 2 nitrogen and oxygen atoms in total. The molecule has 0 amide bonds. The van der Waals surface area contributed by atoms with E-state index in [1.54, 1.807) is 0 Å². The molecule has 1 atom stereocenters. The fourth-order valence-electron chi connectivity index (χ4n) is 2.01. The van der Waals surface area contributed by atoms with Crippen LogP contribution in [0.1, 0.15) is 28.3 Å². The van der Waals surface area contributed by atoms with Gasteiger partial charge in [-0.3, -0.25) is 0 Å². The minimum absolute atomic E-state index is 0.0600. The van der Waals surface area contributed by atoms with Gasteiger partial charge in [0, 0.05) is 12.7 Å². The molecule has 0 aliphatic heterocycles. The Morgan fingerprint density at radius 2 is 1.50 bits per heavy atom. The molecule has 2 rings (SSSR count). The average molecular weight is 240 g/mol. The molecule has 18 heavy (non-hydrogen) atoms. The number of rotatable bonds is 3. The minimum atomic E-state index is -0.0600. The molecule has 2 aromatic rings. The van der Waals surface area contributed by atoms with Gasteiger partial charge >= 0.3 is 0 Å². The van der Waals surface area contributed by atoms with Gasteiger partial charge in [-0.15, -0.1) is 0 Å².